The minimum atomic E-state index is 0.495. The van der Waals surface area contributed by atoms with E-state index >= 15 is 0 Å². The number of fused-ring (bicyclic) bond motifs is 1. The van der Waals surface area contributed by atoms with E-state index < -0.39 is 0 Å². The smallest absolute Gasteiger partial charge is 0.227 e. The number of aromatic amines is 1. The molecule has 3 aromatic rings. The zero-order valence-corrected chi connectivity index (χ0v) is 18.0. The van der Waals surface area contributed by atoms with Crippen molar-refractivity contribution in [2.24, 2.45) is 0 Å². The highest BCUT2D eigenvalue weighted by Gasteiger charge is 2.25. The van der Waals surface area contributed by atoms with Crippen molar-refractivity contribution in [2.45, 2.75) is 44.3 Å². The lowest BCUT2D eigenvalue weighted by atomic mass is 9.90. The number of aromatic nitrogens is 3. The highest BCUT2D eigenvalue weighted by molar-refractivity contribution is 9.10. The molecule has 2 heterocycles. The minimum absolute atomic E-state index is 0.495. The van der Waals surface area contributed by atoms with Crippen LogP contribution in [0.3, 0.4) is 0 Å². The molecule has 0 aliphatic heterocycles. The first-order chi connectivity index (χ1) is 13.6. The van der Waals surface area contributed by atoms with Gasteiger partial charge >= 0.3 is 0 Å². The Morgan fingerprint density at radius 1 is 1.21 bits per heavy atom. The van der Waals surface area contributed by atoms with Gasteiger partial charge in [0.25, 0.3) is 0 Å². The second kappa shape index (κ2) is 8.49. The Labute approximate surface area is 174 Å². The summed E-state index contributed by atoms with van der Waals surface area (Å²) in [7, 11) is 3.99. The first-order valence-corrected chi connectivity index (χ1v) is 10.7. The summed E-state index contributed by atoms with van der Waals surface area (Å²) in [6, 6.07) is 9.33. The van der Waals surface area contributed by atoms with Crippen LogP contribution in [-0.4, -0.2) is 41.1 Å². The van der Waals surface area contributed by atoms with E-state index in [0.717, 1.165) is 35.6 Å². The number of nitrogens with one attached hydrogen (secondary N) is 3. The van der Waals surface area contributed by atoms with E-state index in [9.17, 15) is 0 Å². The van der Waals surface area contributed by atoms with Crippen molar-refractivity contribution in [3.8, 4) is 0 Å². The predicted molar refractivity (Wildman–Crippen MR) is 119 cm³/mol. The second-order valence-electron chi connectivity index (χ2n) is 7.49. The zero-order valence-electron chi connectivity index (χ0n) is 16.4. The molecule has 0 spiro atoms. The number of halogens is 1. The van der Waals surface area contributed by atoms with Crippen LogP contribution in [0.15, 0.2) is 41.1 Å². The van der Waals surface area contributed by atoms with Gasteiger partial charge in [0, 0.05) is 60.5 Å². The normalized spacial score (nSPS) is 19.7. The maximum Gasteiger partial charge on any atom is 0.227 e. The summed E-state index contributed by atoms with van der Waals surface area (Å²) >= 11 is 3.57. The minimum Gasteiger partial charge on any atom is -0.373 e. The fourth-order valence-electron chi connectivity index (χ4n) is 4.04. The van der Waals surface area contributed by atoms with Gasteiger partial charge in [-0.25, -0.2) is 4.98 Å². The molecule has 7 heteroatoms. The summed E-state index contributed by atoms with van der Waals surface area (Å²) in [6.07, 6.45) is 8.59. The van der Waals surface area contributed by atoms with Crippen LogP contribution >= 0.6 is 15.9 Å². The van der Waals surface area contributed by atoms with Gasteiger partial charge in [0.1, 0.15) is 5.82 Å². The molecule has 6 nitrogen and oxygen atoms in total. The zero-order chi connectivity index (χ0) is 19.5. The van der Waals surface area contributed by atoms with Crippen LogP contribution in [0.25, 0.3) is 10.9 Å². The number of H-pyrrole nitrogens is 1. The van der Waals surface area contributed by atoms with Crippen molar-refractivity contribution in [3.63, 3.8) is 0 Å². The van der Waals surface area contributed by atoms with Crippen molar-refractivity contribution in [1.29, 1.82) is 0 Å². The summed E-state index contributed by atoms with van der Waals surface area (Å²) < 4.78 is 1.12. The lowest BCUT2D eigenvalue weighted by Crippen LogP contribution is -2.41. The maximum absolute atomic E-state index is 4.57. The summed E-state index contributed by atoms with van der Waals surface area (Å²) in [4.78, 5) is 14.6. The molecule has 0 radical (unpaired) electrons. The van der Waals surface area contributed by atoms with Gasteiger partial charge in [-0.2, -0.15) is 4.98 Å². The number of rotatable bonds is 6. The third-order valence-corrected chi connectivity index (χ3v) is 6.26. The molecule has 1 saturated carbocycles. The van der Waals surface area contributed by atoms with Crippen LogP contribution in [0.2, 0.25) is 0 Å². The summed E-state index contributed by atoms with van der Waals surface area (Å²) in [5.41, 5.74) is 2.52. The number of hydrogen-bond donors (Lipinski definition) is 3. The second-order valence-corrected chi connectivity index (χ2v) is 8.41. The number of nitrogens with zero attached hydrogens (tertiary/aromatic N) is 3. The van der Waals surface area contributed by atoms with Gasteiger partial charge in [-0.15, -0.1) is 0 Å². The van der Waals surface area contributed by atoms with Gasteiger partial charge in [0.2, 0.25) is 5.95 Å². The summed E-state index contributed by atoms with van der Waals surface area (Å²) in [6.45, 7) is 0.898. The largest absolute Gasteiger partial charge is 0.373 e. The highest BCUT2D eigenvalue weighted by Crippen LogP contribution is 2.26. The van der Waals surface area contributed by atoms with Crippen LogP contribution in [0.1, 0.15) is 31.2 Å². The molecule has 0 amide bonds. The molecule has 148 valence electrons. The van der Waals surface area contributed by atoms with E-state index in [1.165, 1.54) is 29.3 Å². The van der Waals surface area contributed by atoms with Gasteiger partial charge in [0.15, 0.2) is 0 Å². The Bertz CT molecular complexity index is 932. The molecule has 28 heavy (non-hydrogen) atoms. The molecule has 4 rings (SSSR count). The summed E-state index contributed by atoms with van der Waals surface area (Å²) in [5.74, 6) is 1.66. The molecule has 3 N–H and O–H groups in total. The average molecular weight is 443 g/mol. The van der Waals surface area contributed by atoms with Crippen LogP contribution in [-0.2, 0) is 6.54 Å². The van der Waals surface area contributed by atoms with Crippen molar-refractivity contribution >= 4 is 38.6 Å². The lowest BCUT2D eigenvalue weighted by Gasteiger charge is -2.35. The van der Waals surface area contributed by atoms with E-state index in [2.05, 4.69) is 77.9 Å². The molecule has 0 atom stereocenters. The van der Waals surface area contributed by atoms with Crippen LogP contribution in [0.4, 0.5) is 11.8 Å². The van der Waals surface area contributed by atoms with Crippen LogP contribution < -0.4 is 15.5 Å². The molecular weight excluding hydrogens is 416 g/mol. The predicted octanol–water partition coefficient (Wildman–Crippen LogP) is 4.30. The quantitative estimate of drug-likeness (QED) is 0.530. The van der Waals surface area contributed by atoms with Gasteiger partial charge < -0.3 is 20.5 Å². The van der Waals surface area contributed by atoms with E-state index in [1.54, 1.807) is 0 Å². The molecule has 1 aliphatic carbocycles. The molecule has 0 unspecified atom stereocenters. The van der Waals surface area contributed by atoms with Gasteiger partial charge in [-0.3, -0.25) is 0 Å². The first kappa shape index (κ1) is 19.2. The van der Waals surface area contributed by atoms with Gasteiger partial charge in [-0.1, -0.05) is 15.9 Å². The maximum atomic E-state index is 4.57. The van der Waals surface area contributed by atoms with Gasteiger partial charge in [-0.05, 0) is 55.5 Å². The molecule has 1 aliphatic rings. The molecule has 1 aromatic carbocycles. The number of benzene rings is 1. The third kappa shape index (κ3) is 4.15. The number of hydrogen-bond acceptors (Lipinski definition) is 5. The van der Waals surface area contributed by atoms with Crippen LogP contribution in [0.5, 0.6) is 0 Å². The number of anilines is 2. The molecule has 0 bridgehead atoms. The Kier molecular flexibility index (Phi) is 5.82. The fraction of sp³-hybridized carbons (Fsp3) is 0.429. The van der Waals surface area contributed by atoms with Crippen molar-refractivity contribution in [3.05, 3.63) is 46.7 Å². The van der Waals surface area contributed by atoms with Crippen molar-refractivity contribution in [1.82, 2.24) is 20.3 Å². The van der Waals surface area contributed by atoms with E-state index in [1.807, 2.05) is 19.3 Å². The molecule has 2 aromatic heterocycles. The summed E-state index contributed by atoms with van der Waals surface area (Å²) in [5, 5.41) is 8.13. The van der Waals surface area contributed by atoms with E-state index in [4.69, 9.17) is 0 Å². The average Bonchev–Trinajstić information content (AvgIpc) is 3.14. The topological polar surface area (TPSA) is 68.9 Å². The Hall–Kier alpha value is -2.12. The molecule has 1 fully saturated rings. The standard InChI is InChI=1S/C21H27BrN6/c1-23-20-9-10-24-21(27-20)28(2)17-6-4-16(5-7-17)25-12-14-13-26-19-8-3-15(22)11-18(14)19/h3,8-11,13,16-17,25-26H,4-7,12H2,1-2H3,(H,23,24,27). The van der Waals surface area contributed by atoms with Gasteiger partial charge in [0.05, 0.1) is 0 Å². The van der Waals surface area contributed by atoms with E-state index in [-0.39, 0.29) is 0 Å². The third-order valence-electron chi connectivity index (χ3n) is 5.77. The van der Waals surface area contributed by atoms with Crippen LogP contribution in [0, 0.1) is 0 Å². The Balaban J connectivity index is 1.32. The van der Waals surface area contributed by atoms with Crippen molar-refractivity contribution in [2.75, 3.05) is 24.3 Å². The SMILES string of the molecule is CNc1ccnc(N(C)C2CCC(NCc3c[nH]c4ccc(Br)cc34)CC2)n1. The Morgan fingerprint density at radius 2 is 2.04 bits per heavy atom. The first-order valence-electron chi connectivity index (χ1n) is 9.86. The lowest BCUT2D eigenvalue weighted by molar-refractivity contribution is 0.334. The Morgan fingerprint density at radius 3 is 2.82 bits per heavy atom. The molecular formula is C21H27BrN6. The monoisotopic (exact) mass is 442 g/mol. The van der Waals surface area contributed by atoms with Crippen molar-refractivity contribution < 1.29 is 0 Å². The highest BCUT2D eigenvalue weighted by atomic mass is 79.9. The van der Waals surface area contributed by atoms with E-state index in [0.29, 0.717) is 12.1 Å². The fourth-order valence-corrected chi connectivity index (χ4v) is 4.40. The molecule has 0 saturated heterocycles.